The quantitative estimate of drug-likeness (QED) is 0.164. The zero-order chi connectivity index (χ0) is 35.1. The number of rotatable bonds is 7. The molecule has 0 N–H and O–H groups in total. The lowest BCUT2D eigenvalue weighted by molar-refractivity contribution is 0.660. The van der Waals surface area contributed by atoms with Gasteiger partial charge in [0, 0.05) is 22.4 Å². The Hall–Kier alpha value is -6.44. The van der Waals surface area contributed by atoms with E-state index >= 15 is 0 Å². The van der Waals surface area contributed by atoms with Gasteiger partial charge in [-0.15, -0.1) is 0 Å². The van der Waals surface area contributed by atoms with E-state index < -0.39 is 0 Å². The second kappa shape index (κ2) is 13.0. The third kappa shape index (κ3) is 5.52. The van der Waals surface area contributed by atoms with Gasteiger partial charge in [0.05, 0.1) is 5.69 Å². The lowest BCUT2D eigenvalue weighted by Crippen LogP contribution is -2.17. The molecule has 248 valence electrons. The van der Waals surface area contributed by atoms with Crippen molar-refractivity contribution >= 4 is 17.1 Å². The average molecular weight is 666 g/mol. The topological polar surface area (TPSA) is 3.24 Å². The molecule has 8 aromatic rings. The van der Waals surface area contributed by atoms with E-state index in [1.54, 1.807) is 0 Å². The van der Waals surface area contributed by atoms with E-state index in [0.29, 0.717) is 0 Å². The Morgan fingerprint density at radius 2 is 0.788 bits per heavy atom. The number of nitrogens with zero attached hydrogens (tertiary/aromatic N) is 1. The standard InChI is InChI=1S/C51H39N/c1-51(2)47-23-13-12-21-45(47)46-34-33-43(35-48(46)51)52(42-31-29-39(30-32-42)37-17-8-4-9-18-37)49-24-14-22-44(40-19-10-5-11-20-40)50(49)41-27-25-38(26-28-41)36-15-6-3-7-16-36/h3-35H,1-2H3. The van der Waals surface area contributed by atoms with E-state index in [1.165, 1.54) is 66.8 Å². The first-order valence-electron chi connectivity index (χ1n) is 18.1. The fourth-order valence-electron chi connectivity index (χ4n) is 8.04. The Balaban J connectivity index is 1.27. The molecular formula is C51H39N. The van der Waals surface area contributed by atoms with Gasteiger partial charge in [-0.25, -0.2) is 0 Å². The maximum Gasteiger partial charge on any atom is 0.0546 e. The molecule has 0 heterocycles. The van der Waals surface area contributed by atoms with Gasteiger partial charge in [0.1, 0.15) is 0 Å². The highest BCUT2D eigenvalue weighted by atomic mass is 15.1. The van der Waals surface area contributed by atoms with Crippen LogP contribution < -0.4 is 4.90 Å². The molecule has 0 atom stereocenters. The first kappa shape index (κ1) is 31.5. The molecule has 0 saturated heterocycles. The fraction of sp³-hybridized carbons (Fsp3) is 0.0588. The van der Waals surface area contributed by atoms with Gasteiger partial charge in [-0.2, -0.15) is 0 Å². The highest BCUT2D eigenvalue weighted by Gasteiger charge is 2.36. The van der Waals surface area contributed by atoms with Gasteiger partial charge in [0.25, 0.3) is 0 Å². The molecule has 0 radical (unpaired) electrons. The van der Waals surface area contributed by atoms with Crippen LogP contribution in [0, 0.1) is 0 Å². The minimum absolute atomic E-state index is 0.118. The Bertz CT molecular complexity index is 2500. The summed E-state index contributed by atoms with van der Waals surface area (Å²) >= 11 is 0. The Labute approximate surface area is 307 Å². The van der Waals surface area contributed by atoms with Gasteiger partial charge in [0.15, 0.2) is 0 Å². The number of benzene rings is 8. The number of hydrogen-bond donors (Lipinski definition) is 0. The van der Waals surface area contributed by atoms with Crippen LogP contribution in [0.25, 0.3) is 55.6 Å². The summed E-state index contributed by atoms with van der Waals surface area (Å²) in [6, 6.07) is 72.8. The Morgan fingerprint density at radius 3 is 1.42 bits per heavy atom. The summed E-state index contributed by atoms with van der Waals surface area (Å²) in [5.74, 6) is 0. The van der Waals surface area contributed by atoms with Gasteiger partial charge in [-0.3, -0.25) is 0 Å². The first-order valence-corrected chi connectivity index (χ1v) is 18.1. The molecular weight excluding hydrogens is 627 g/mol. The summed E-state index contributed by atoms with van der Waals surface area (Å²) in [6.45, 7) is 4.71. The van der Waals surface area contributed by atoms with E-state index in [0.717, 1.165) is 17.1 Å². The van der Waals surface area contributed by atoms with Crippen molar-refractivity contribution in [2.45, 2.75) is 19.3 Å². The second-order valence-corrected chi connectivity index (χ2v) is 14.2. The normalized spacial score (nSPS) is 12.6. The minimum atomic E-state index is -0.118. The second-order valence-electron chi connectivity index (χ2n) is 14.2. The molecule has 0 saturated carbocycles. The summed E-state index contributed by atoms with van der Waals surface area (Å²) in [5, 5.41) is 0. The van der Waals surface area contributed by atoms with Crippen LogP contribution in [0.15, 0.2) is 200 Å². The lowest BCUT2D eigenvalue weighted by Gasteiger charge is -2.31. The van der Waals surface area contributed by atoms with E-state index in [1.807, 2.05) is 0 Å². The maximum absolute atomic E-state index is 2.46. The third-order valence-electron chi connectivity index (χ3n) is 10.7. The van der Waals surface area contributed by atoms with Crippen molar-refractivity contribution in [2.75, 3.05) is 4.90 Å². The molecule has 0 fully saturated rings. The largest absolute Gasteiger partial charge is 0.310 e. The summed E-state index contributed by atoms with van der Waals surface area (Å²) in [6.07, 6.45) is 0. The van der Waals surface area contributed by atoms with Crippen molar-refractivity contribution in [3.05, 3.63) is 211 Å². The molecule has 52 heavy (non-hydrogen) atoms. The van der Waals surface area contributed by atoms with Gasteiger partial charge >= 0.3 is 0 Å². The van der Waals surface area contributed by atoms with Crippen LogP contribution in [0.4, 0.5) is 17.1 Å². The predicted molar refractivity (Wildman–Crippen MR) is 220 cm³/mol. The van der Waals surface area contributed by atoms with Gasteiger partial charge in [-0.1, -0.05) is 184 Å². The zero-order valence-corrected chi connectivity index (χ0v) is 29.5. The number of fused-ring (bicyclic) bond motifs is 3. The van der Waals surface area contributed by atoms with E-state index in [2.05, 4.69) is 219 Å². The predicted octanol–water partition coefficient (Wildman–Crippen LogP) is 14.1. The summed E-state index contributed by atoms with van der Waals surface area (Å²) in [4.78, 5) is 2.46. The Kier molecular flexibility index (Phi) is 7.90. The molecule has 0 aliphatic heterocycles. The van der Waals surface area contributed by atoms with E-state index in [9.17, 15) is 0 Å². The van der Waals surface area contributed by atoms with Crippen LogP contribution >= 0.6 is 0 Å². The molecule has 1 heteroatoms. The zero-order valence-electron chi connectivity index (χ0n) is 29.5. The SMILES string of the molecule is CC1(C)c2ccccc2-c2ccc(N(c3ccc(-c4ccccc4)cc3)c3cccc(-c4ccccc4)c3-c3ccc(-c4ccccc4)cc3)cc21. The first-order chi connectivity index (χ1) is 25.6. The fourth-order valence-corrected chi connectivity index (χ4v) is 8.04. The highest BCUT2D eigenvalue weighted by Crippen LogP contribution is 2.52. The molecule has 9 rings (SSSR count). The Morgan fingerprint density at radius 1 is 0.327 bits per heavy atom. The third-order valence-corrected chi connectivity index (χ3v) is 10.7. The van der Waals surface area contributed by atoms with Crippen LogP contribution in [0.5, 0.6) is 0 Å². The summed E-state index contributed by atoms with van der Waals surface area (Å²) in [7, 11) is 0. The van der Waals surface area contributed by atoms with Crippen molar-refractivity contribution in [1.82, 2.24) is 0 Å². The van der Waals surface area contributed by atoms with Crippen molar-refractivity contribution < 1.29 is 0 Å². The molecule has 0 unspecified atom stereocenters. The van der Waals surface area contributed by atoms with Crippen LogP contribution in [-0.4, -0.2) is 0 Å². The molecule has 1 nitrogen and oxygen atoms in total. The van der Waals surface area contributed by atoms with Gasteiger partial charge in [-0.05, 0) is 91.5 Å². The average Bonchev–Trinajstić information content (AvgIpc) is 3.44. The molecule has 1 aliphatic carbocycles. The molecule has 8 aromatic carbocycles. The minimum Gasteiger partial charge on any atom is -0.310 e. The van der Waals surface area contributed by atoms with Gasteiger partial charge < -0.3 is 4.90 Å². The monoisotopic (exact) mass is 665 g/mol. The smallest absolute Gasteiger partial charge is 0.0546 e. The molecule has 0 bridgehead atoms. The molecule has 0 spiro atoms. The van der Waals surface area contributed by atoms with Crippen molar-refractivity contribution in [1.29, 1.82) is 0 Å². The number of anilines is 3. The van der Waals surface area contributed by atoms with Crippen LogP contribution in [0.3, 0.4) is 0 Å². The highest BCUT2D eigenvalue weighted by molar-refractivity contribution is 5.98. The lowest BCUT2D eigenvalue weighted by atomic mass is 9.82. The van der Waals surface area contributed by atoms with Crippen LogP contribution in [0.2, 0.25) is 0 Å². The van der Waals surface area contributed by atoms with E-state index in [4.69, 9.17) is 0 Å². The van der Waals surface area contributed by atoms with Crippen molar-refractivity contribution in [2.24, 2.45) is 0 Å². The van der Waals surface area contributed by atoms with Crippen molar-refractivity contribution in [3.8, 4) is 55.6 Å². The summed E-state index contributed by atoms with van der Waals surface area (Å²) in [5.41, 5.74) is 18.2. The van der Waals surface area contributed by atoms with Gasteiger partial charge in [0.2, 0.25) is 0 Å². The molecule has 1 aliphatic rings. The molecule has 0 amide bonds. The van der Waals surface area contributed by atoms with Crippen molar-refractivity contribution in [3.63, 3.8) is 0 Å². The van der Waals surface area contributed by atoms with Crippen LogP contribution in [0.1, 0.15) is 25.0 Å². The molecule has 0 aromatic heterocycles. The van der Waals surface area contributed by atoms with E-state index in [-0.39, 0.29) is 5.41 Å². The van der Waals surface area contributed by atoms with Crippen LogP contribution in [-0.2, 0) is 5.41 Å². The maximum atomic E-state index is 2.46. The summed E-state index contributed by atoms with van der Waals surface area (Å²) < 4.78 is 0. The number of hydrogen-bond acceptors (Lipinski definition) is 1.